The van der Waals surface area contributed by atoms with Crippen molar-refractivity contribution in [3.8, 4) is 0 Å². The van der Waals surface area contributed by atoms with E-state index in [0.29, 0.717) is 18.4 Å². The minimum atomic E-state index is -0.330. The monoisotopic (exact) mass is 239 g/mol. The van der Waals surface area contributed by atoms with Gasteiger partial charge in [0.1, 0.15) is 0 Å². The Morgan fingerprint density at radius 2 is 2.08 bits per heavy atom. The Balaban J connectivity index is 3.61. The first kappa shape index (κ1) is 12.4. The van der Waals surface area contributed by atoms with Crippen LogP contribution in [-0.4, -0.2) is 52.8 Å². The largest absolute Gasteiger partial charge is 0.395 e. The van der Waals surface area contributed by atoms with Crippen LogP contribution in [0.25, 0.3) is 0 Å². The number of hydrogen-bond acceptors (Lipinski definition) is 3. The van der Waals surface area contributed by atoms with E-state index in [0.717, 1.165) is 13.0 Å². The molecule has 0 saturated carbocycles. The van der Waals surface area contributed by atoms with Crippen LogP contribution in [0.15, 0.2) is 0 Å². The lowest BCUT2D eigenvalue weighted by atomic mass is 10.3. The average molecular weight is 240 g/mol. The molecule has 0 aromatic rings. The topological polar surface area (TPSA) is 43.7 Å². The summed E-state index contributed by atoms with van der Waals surface area (Å²) in [6.07, 6.45) is 0.720. The first-order valence-electron chi connectivity index (χ1n) is 4.31. The van der Waals surface area contributed by atoms with Gasteiger partial charge in [-0.15, -0.1) is 0 Å². The van der Waals surface area contributed by atoms with Crippen molar-refractivity contribution in [3.05, 3.63) is 0 Å². The molecule has 2 N–H and O–H groups in total. The molecule has 1 unspecified atom stereocenters. The Morgan fingerprint density at radius 1 is 1.42 bits per heavy atom. The van der Waals surface area contributed by atoms with Gasteiger partial charge in [0.05, 0.1) is 12.7 Å². The SMILES string of the molecule is CCCN(CCO)CC(O)CBr. The van der Waals surface area contributed by atoms with Crippen LogP contribution in [0.2, 0.25) is 0 Å². The fourth-order valence-electron chi connectivity index (χ4n) is 1.10. The van der Waals surface area contributed by atoms with Crippen molar-refractivity contribution in [1.82, 2.24) is 4.90 Å². The molecule has 12 heavy (non-hydrogen) atoms. The molecule has 0 rings (SSSR count). The molecule has 0 saturated heterocycles. The van der Waals surface area contributed by atoms with Crippen LogP contribution < -0.4 is 0 Å². The Labute approximate surface area is 82.5 Å². The van der Waals surface area contributed by atoms with E-state index in [1.165, 1.54) is 0 Å². The van der Waals surface area contributed by atoms with Crippen LogP contribution in [0.3, 0.4) is 0 Å². The van der Waals surface area contributed by atoms with Crippen LogP contribution in [0.4, 0.5) is 0 Å². The van der Waals surface area contributed by atoms with E-state index in [1.54, 1.807) is 0 Å². The minimum Gasteiger partial charge on any atom is -0.395 e. The number of hydrogen-bond donors (Lipinski definition) is 2. The lowest BCUT2D eigenvalue weighted by molar-refractivity contribution is 0.115. The Bertz CT molecular complexity index is 97.1. The van der Waals surface area contributed by atoms with Crippen LogP contribution in [-0.2, 0) is 0 Å². The van der Waals surface area contributed by atoms with E-state index in [2.05, 4.69) is 27.8 Å². The van der Waals surface area contributed by atoms with Gasteiger partial charge in [0.2, 0.25) is 0 Å². The molecular weight excluding hydrogens is 222 g/mol. The number of halogens is 1. The summed E-state index contributed by atoms with van der Waals surface area (Å²) in [6, 6.07) is 0. The summed E-state index contributed by atoms with van der Waals surface area (Å²) in [7, 11) is 0. The predicted octanol–water partition coefficient (Wildman–Crippen LogP) is 0.446. The summed E-state index contributed by atoms with van der Waals surface area (Å²) < 4.78 is 0. The van der Waals surface area contributed by atoms with E-state index in [4.69, 9.17) is 5.11 Å². The maximum Gasteiger partial charge on any atom is 0.0763 e. The first-order valence-corrected chi connectivity index (χ1v) is 5.44. The van der Waals surface area contributed by atoms with Gasteiger partial charge in [0.25, 0.3) is 0 Å². The predicted molar refractivity (Wildman–Crippen MR) is 53.6 cm³/mol. The van der Waals surface area contributed by atoms with Crippen LogP contribution in [0, 0.1) is 0 Å². The van der Waals surface area contributed by atoms with E-state index in [9.17, 15) is 5.11 Å². The van der Waals surface area contributed by atoms with Crippen LogP contribution in [0.5, 0.6) is 0 Å². The lowest BCUT2D eigenvalue weighted by Gasteiger charge is -2.22. The molecule has 0 fully saturated rings. The molecule has 0 aliphatic rings. The average Bonchev–Trinajstić information content (AvgIpc) is 2.05. The van der Waals surface area contributed by atoms with Gasteiger partial charge in [-0.3, -0.25) is 4.90 Å². The number of aliphatic hydroxyl groups is 2. The van der Waals surface area contributed by atoms with Crippen molar-refractivity contribution < 1.29 is 10.2 Å². The van der Waals surface area contributed by atoms with Crippen molar-refractivity contribution in [3.63, 3.8) is 0 Å². The van der Waals surface area contributed by atoms with Gasteiger partial charge < -0.3 is 10.2 Å². The van der Waals surface area contributed by atoms with E-state index in [1.807, 2.05) is 0 Å². The molecule has 0 bridgehead atoms. The Morgan fingerprint density at radius 3 is 2.50 bits per heavy atom. The summed E-state index contributed by atoms with van der Waals surface area (Å²) in [6.45, 7) is 4.47. The Kier molecular flexibility index (Phi) is 8.22. The zero-order valence-corrected chi connectivity index (χ0v) is 9.13. The van der Waals surface area contributed by atoms with Crippen molar-refractivity contribution in [2.45, 2.75) is 19.4 Å². The van der Waals surface area contributed by atoms with Gasteiger partial charge in [0, 0.05) is 18.4 Å². The molecule has 0 aliphatic carbocycles. The molecule has 0 aliphatic heterocycles. The Hall–Kier alpha value is 0.360. The first-order chi connectivity index (χ1) is 5.74. The second kappa shape index (κ2) is 7.98. The molecule has 0 amide bonds. The number of aliphatic hydroxyl groups excluding tert-OH is 2. The molecule has 0 spiro atoms. The van der Waals surface area contributed by atoms with Crippen molar-refractivity contribution in [1.29, 1.82) is 0 Å². The third kappa shape index (κ3) is 5.94. The highest BCUT2D eigenvalue weighted by molar-refractivity contribution is 9.09. The van der Waals surface area contributed by atoms with Crippen molar-refractivity contribution in [2.24, 2.45) is 0 Å². The minimum absolute atomic E-state index is 0.162. The normalized spacial score (nSPS) is 13.8. The van der Waals surface area contributed by atoms with Crippen LogP contribution in [0.1, 0.15) is 13.3 Å². The molecule has 0 aromatic carbocycles. The molecule has 0 heterocycles. The summed E-state index contributed by atoms with van der Waals surface area (Å²) in [5.41, 5.74) is 0. The third-order valence-corrected chi connectivity index (χ3v) is 2.35. The lowest BCUT2D eigenvalue weighted by Crippen LogP contribution is -2.35. The highest BCUT2D eigenvalue weighted by atomic mass is 79.9. The zero-order valence-electron chi connectivity index (χ0n) is 7.54. The fourth-order valence-corrected chi connectivity index (χ4v) is 1.30. The van der Waals surface area contributed by atoms with Crippen molar-refractivity contribution >= 4 is 15.9 Å². The molecule has 0 aromatic heterocycles. The maximum absolute atomic E-state index is 9.31. The molecule has 0 radical (unpaired) electrons. The van der Waals surface area contributed by atoms with Gasteiger partial charge in [-0.1, -0.05) is 22.9 Å². The van der Waals surface area contributed by atoms with Gasteiger partial charge >= 0.3 is 0 Å². The summed E-state index contributed by atoms with van der Waals surface area (Å²) in [5.74, 6) is 0. The fraction of sp³-hybridized carbons (Fsp3) is 1.00. The second-order valence-corrected chi connectivity index (χ2v) is 3.48. The maximum atomic E-state index is 9.31. The summed E-state index contributed by atoms with van der Waals surface area (Å²) in [5, 5.41) is 18.6. The van der Waals surface area contributed by atoms with E-state index < -0.39 is 0 Å². The molecule has 3 nitrogen and oxygen atoms in total. The third-order valence-electron chi connectivity index (χ3n) is 1.60. The van der Waals surface area contributed by atoms with Crippen molar-refractivity contribution in [2.75, 3.05) is 31.6 Å². The molecular formula is C8H18BrNO2. The smallest absolute Gasteiger partial charge is 0.0763 e. The number of rotatable bonds is 7. The highest BCUT2D eigenvalue weighted by Crippen LogP contribution is 1.97. The second-order valence-electron chi connectivity index (χ2n) is 2.83. The molecule has 1 atom stereocenters. The zero-order chi connectivity index (χ0) is 9.40. The van der Waals surface area contributed by atoms with E-state index in [-0.39, 0.29) is 12.7 Å². The molecule has 4 heteroatoms. The van der Waals surface area contributed by atoms with Gasteiger partial charge in [-0.05, 0) is 13.0 Å². The van der Waals surface area contributed by atoms with E-state index >= 15 is 0 Å². The number of nitrogens with zero attached hydrogens (tertiary/aromatic N) is 1. The van der Waals surface area contributed by atoms with Gasteiger partial charge in [0.15, 0.2) is 0 Å². The highest BCUT2D eigenvalue weighted by Gasteiger charge is 2.08. The molecule has 74 valence electrons. The standard InChI is InChI=1S/C8H18BrNO2/c1-2-3-10(4-5-11)7-8(12)6-9/h8,11-12H,2-7H2,1H3. The quantitative estimate of drug-likeness (QED) is 0.635. The number of alkyl halides is 1. The van der Waals surface area contributed by atoms with Gasteiger partial charge in [-0.25, -0.2) is 0 Å². The van der Waals surface area contributed by atoms with Crippen LogP contribution >= 0.6 is 15.9 Å². The van der Waals surface area contributed by atoms with Gasteiger partial charge in [-0.2, -0.15) is 0 Å². The summed E-state index contributed by atoms with van der Waals surface area (Å²) >= 11 is 3.21. The summed E-state index contributed by atoms with van der Waals surface area (Å²) in [4.78, 5) is 2.06.